The number of benzene rings is 1. The van der Waals surface area contributed by atoms with Gasteiger partial charge in [0.1, 0.15) is 5.15 Å². The van der Waals surface area contributed by atoms with Gasteiger partial charge in [-0.3, -0.25) is 4.68 Å². The van der Waals surface area contributed by atoms with Crippen molar-refractivity contribution in [2.75, 3.05) is 0 Å². The molecule has 0 saturated heterocycles. The van der Waals surface area contributed by atoms with Crippen molar-refractivity contribution in [3.05, 3.63) is 35.1 Å². The second-order valence-electron chi connectivity index (χ2n) is 3.94. The molecule has 3 rings (SSSR count). The number of fused-ring (bicyclic) bond motifs is 3. The molecule has 0 radical (unpaired) electrons. The zero-order valence-corrected chi connectivity index (χ0v) is 9.94. The molecule has 5 heteroatoms. The van der Waals surface area contributed by atoms with Gasteiger partial charge in [0, 0.05) is 12.4 Å². The summed E-state index contributed by atoms with van der Waals surface area (Å²) >= 11 is 6.12. The Labute approximate surface area is 102 Å². The minimum absolute atomic E-state index is 0.00133. The number of halogens is 1. The Kier molecular flexibility index (Phi) is 2.28. The lowest BCUT2D eigenvalue weighted by Gasteiger charge is -2.04. The summed E-state index contributed by atoms with van der Waals surface area (Å²) in [4.78, 5) is 4.33. The van der Waals surface area contributed by atoms with Gasteiger partial charge >= 0.3 is 0 Å². The van der Waals surface area contributed by atoms with Crippen LogP contribution in [0.25, 0.3) is 21.8 Å². The largest absolute Gasteiger partial charge is 0.392 e. The van der Waals surface area contributed by atoms with Crippen LogP contribution in [0.2, 0.25) is 5.15 Å². The van der Waals surface area contributed by atoms with Crippen LogP contribution in [0.4, 0.5) is 0 Å². The van der Waals surface area contributed by atoms with E-state index in [-0.39, 0.29) is 6.61 Å². The van der Waals surface area contributed by atoms with Crippen molar-refractivity contribution in [3.63, 3.8) is 0 Å². The molecule has 1 aromatic carbocycles. The number of aryl methyl sites for hydroxylation is 1. The summed E-state index contributed by atoms with van der Waals surface area (Å²) in [6.07, 6.45) is 1.71. The van der Waals surface area contributed by atoms with Crippen LogP contribution >= 0.6 is 11.6 Å². The van der Waals surface area contributed by atoms with Crippen LogP contribution in [0.3, 0.4) is 0 Å². The maximum Gasteiger partial charge on any atom is 0.140 e. The average Bonchev–Trinajstić information content (AvgIpc) is 2.72. The van der Waals surface area contributed by atoms with Crippen molar-refractivity contribution in [1.82, 2.24) is 14.8 Å². The molecule has 4 nitrogen and oxygen atoms in total. The number of hydrogen-bond donors (Lipinski definition) is 1. The third kappa shape index (κ3) is 1.49. The lowest BCUT2D eigenvalue weighted by atomic mass is 10.1. The molecule has 2 heterocycles. The van der Waals surface area contributed by atoms with Crippen LogP contribution in [0.5, 0.6) is 0 Å². The van der Waals surface area contributed by atoms with Gasteiger partial charge < -0.3 is 5.11 Å². The SMILES string of the molecule is Cn1ncc2c(Cl)nc3cc(CO)ccc3c21. The van der Waals surface area contributed by atoms with Crippen molar-refractivity contribution in [1.29, 1.82) is 0 Å². The van der Waals surface area contributed by atoms with E-state index in [4.69, 9.17) is 16.7 Å². The zero-order valence-electron chi connectivity index (χ0n) is 9.18. The zero-order chi connectivity index (χ0) is 12.0. The number of aromatic nitrogens is 3. The topological polar surface area (TPSA) is 50.9 Å². The molecule has 0 amide bonds. The maximum atomic E-state index is 9.12. The number of aliphatic hydroxyl groups excluding tert-OH is 1. The molecule has 0 atom stereocenters. The number of nitrogens with zero attached hydrogens (tertiary/aromatic N) is 3. The molecule has 17 heavy (non-hydrogen) atoms. The lowest BCUT2D eigenvalue weighted by molar-refractivity contribution is 0.282. The van der Waals surface area contributed by atoms with Crippen LogP contribution in [0.1, 0.15) is 5.56 Å². The minimum atomic E-state index is -0.00133. The normalized spacial score (nSPS) is 11.5. The van der Waals surface area contributed by atoms with Gasteiger partial charge in [-0.2, -0.15) is 5.10 Å². The Morgan fingerprint density at radius 3 is 2.94 bits per heavy atom. The third-order valence-corrected chi connectivity index (χ3v) is 3.17. The quantitative estimate of drug-likeness (QED) is 0.671. The van der Waals surface area contributed by atoms with Crippen LogP contribution in [0.15, 0.2) is 24.4 Å². The Balaban J connectivity index is 2.51. The molecule has 0 bridgehead atoms. The molecule has 0 fully saturated rings. The van der Waals surface area contributed by atoms with Crippen LogP contribution in [-0.4, -0.2) is 19.9 Å². The van der Waals surface area contributed by atoms with Crippen molar-refractivity contribution in [2.45, 2.75) is 6.61 Å². The van der Waals surface area contributed by atoms with Gasteiger partial charge in [-0.05, 0) is 11.6 Å². The van der Waals surface area contributed by atoms with E-state index in [1.165, 1.54) is 0 Å². The van der Waals surface area contributed by atoms with Crippen molar-refractivity contribution in [3.8, 4) is 0 Å². The predicted molar refractivity (Wildman–Crippen MR) is 66.9 cm³/mol. The summed E-state index contributed by atoms with van der Waals surface area (Å²) in [5, 5.41) is 15.6. The Hall–Kier alpha value is -1.65. The molecule has 0 spiro atoms. The molecule has 0 saturated carbocycles. The number of hydrogen-bond acceptors (Lipinski definition) is 3. The molecule has 0 unspecified atom stereocenters. The van der Waals surface area contributed by atoms with E-state index in [0.29, 0.717) is 5.15 Å². The Morgan fingerprint density at radius 1 is 1.35 bits per heavy atom. The van der Waals surface area contributed by atoms with E-state index in [9.17, 15) is 0 Å². The molecule has 0 aliphatic heterocycles. The third-order valence-electron chi connectivity index (χ3n) is 2.88. The molecule has 2 aromatic heterocycles. The van der Waals surface area contributed by atoms with Crippen LogP contribution in [0, 0.1) is 0 Å². The van der Waals surface area contributed by atoms with Gasteiger partial charge in [0.2, 0.25) is 0 Å². The van der Waals surface area contributed by atoms with Gasteiger partial charge in [0.15, 0.2) is 0 Å². The second kappa shape index (κ2) is 3.68. The van der Waals surface area contributed by atoms with E-state index >= 15 is 0 Å². The van der Waals surface area contributed by atoms with Crippen molar-refractivity contribution < 1.29 is 5.11 Å². The molecular weight excluding hydrogens is 238 g/mol. The fraction of sp³-hybridized carbons (Fsp3) is 0.167. The van der Waals surface area contributed by atoms with Crippen LogP contribution < -0.4 is 0 Å². The monoisotopic (exact) mass is 247 g/mol. The number of pyridine rings is 1. The first kappa shape index (κ1) is 10.5. The highest BCUT2D eigenvalue weighted by atomic mass is 35.5. The standard InChI is InChI=1S/C12H10ClN3O/c1-16-11-8-3-2-7(6-17)4-10(8)15-12(13)9(11)5-14-16/h2-5,17H,6H2,1H3. The lowest BCUT2D eigenvalue weighted by Crippen LogP contribution is -1.92. The van der Waals surface area contributed by atoms with E-state index in [1.807, 2.05) is 25.2 Å². The van der Waals surface area contributed by atoms with Crippen LogP contribution in [-0.2, 0) is 13.7 Å². The summed E-state index contributed by atoms with van der Waals surface area (Å²) in [5.41, 5.74) is 2.56. The second-order valence-corrected chi connectivity index (χ2v) is 4.30. The van der Waals surface area contributed by atoms with Gasteiger partial charge in [-0.1, -0.05) is 23.7 Å². The number of rotatable bonds is 1. The molecule has 0 aliphatic carbocycles. The summed E-state index contributed by atoms with van der Waals surface area (Å²) in [7, 11) is 1.87. The smallest absolute Gasteiger partial charge is 0.140 e. The minimum Gasteiger partial charge on any atom is -0.392 e. The van der Waals surface area contributed by atoms with Gasteiger partial charge in [-0.25, -0.2) is 4.98 Å². The van der Waals surface area contributed by atoms with Crippen molar-refractivity contribution in [2.24, 2.45) is 7.05 Å². The van der Waals surface area contributed by atoms with Gasteiger partial charge in [0.05, 0.1) is 29.2 Å². The first-order chi connectivity index (χ1) is 8.20. The van der Waals surface area contributed by atoms with E-state index < -0.39 is 0 Å². The Morgan fingerprint density at radius 2 is 2.18 bits per heavy atom. The Bertz CT molecular complexity index is 720. The molecule has 1 N–H and O–H groups in total. The highest BCUT2D eigenvalue weighted by Crippen LogP contribution is 2.29. The first-order valence-electron chi connectivity index (χ1n) is 5.21. The maximum absolute atomic E-state index is 9.12. The highest BCUT2D eigenvalue weighted by molar-refractivity contribution is 6.35. The number of aliphatic hydroxyl groups is 1. The molecular formula is C12H10ClN3O. The predicted octanol–water partition coefficient (Wildman–Crippen LogP) is 2.27. The van der Waals surface area contributed by atoms with E-state index in [2.05, 4.69) is 10.1 Å². The summed E-state index contributed by atoms with van der Waals surface area (Å²) in [6.45, 7) is -0.00133. The summed E-state index contributed by atoms with van der Waals surface area (Å²) in [5.74, 6) is 0. The van der Waals surface area contributed by atoms with E-state index in [0.717, 1.165) is 27.4 Å². The van der Waals surface area contributed by atoms with E-state index in [1.54, 1.807) is 10.9 Å². The fourth-order valence-corrected chi connectivity index (χ4v) is 2.27. The molecule has 86 valence electrons. The fourth-order valence-electron chi connectivity index (χ4n) is 2.04. The first-order valence-corrected chi connectivity index (χ1v) is 5.59. The molecule has 0 aliphatic rings. The van der Waals surface area contributed by atoms with Gasteiger partial charge in [-0.15, -0.1) is 0 Å². The molecule has 3 aromatic rings. The highest BCUT2D eigenvalue weighted by Gasteiger charge is 2.10. The summed E-state index contributed by atoms with van der Waals surface area (Å²) < 4.78 is 1.78. The summed E-state index contributed by atoms with van der Waals surface area (Å²) in [6, 6.07) is 5.66. The van der Waals surface area contributed by atoms with Crippen molar-refractivity contribution >= 4 is 33.4 Å². The van der Waals surface area contributed by atoms with Gasteiger partial charge in [0.25, 0.3) is 0 Å². The average molecular weight is 248 g/mol.